The Labute approximate surface area is 264 Å². The van der Waals surface area contributed by atoms with E-state index in [1.54, 1.807) is 21.1 Å². The first kappa shape index (κ1) is 31.3. The highest BCUT2D eigenvalue weighted by atomic mass is 79.9. The molecule has 0 amide bonds. The molecule has 10 heteroatoms. The van der Waals surface area contributed by atoms with Crippen LogP contribution in [-0.4, -0.2) is 40.9 Å². The van der Waals surface area contributed by atoms with Gasteiger partial charge in [-0.05, 0) is 47.9 Å². The van der Waals surface area contributed by atoms with Gasteiger partial charge in [0.15, 0.2) is 0 Å². The Bertz CT molecular complexity index is 1680. The van der Waals surface area contributed by atoms with Gasteiger partial charge >= 0.3 is 5.69 Å². The van der Waals surface area contributed by atoms with Gasteiger partial charge in [-0.2, -0.15) is 5.26 Å². The quantitative estimate of drug-likeness (QED) is 0.159. The third-order valence-corrected chi connectivity index (χ3v) is 8.89. The molecule has 3 atom stereocenters. The monoisotopic (exact) mass is 659 g/mol. The van der Waals surface area contributed by atoms with Crippen LogP contribution in [0, 0.1) is 18.3 Å². The van der Waals surface area contributed by atoms with Crippen molar-refractivity contribution >= 4 is 15.9 Å². The minimum Gasteiger partial charge on any atom is -0.497 e. The molecule has 0 spiro atoms. The number of rotatable bonds is 11. The van der Waals surface area contributed by atoms with Crippen LogP contribution in [0.3, 0.4) is 0 Å². The van der Waals surface area contributed by atoms with Gasteiger partial charge in [-0.25, -0.2) is 4.79 Å². The fourth-order valence-corrected chi connectivity index (χ4v) is 6.21. The molecule has 1 saturated heterocycles. The number of hydrogen-bond donors (Lipinski definition) is 0. The molecule has 0 bridgehead atoms. The normalized spacial score (nSPS) is 18.1. The van der Waals surface area contributed by atoms with Gasteiger partial charge in [0.25, 0.3) is 5.56 Å². The number of ether oxygens (including phenoxy) is 4. The number of hydrogen-bond acceptors (Lipinski definition) is 7. The molecule has 0 saturated carbocycles. The van der Waals surface area contributed by atoms with Gasteiger partial charge in [-0.3, -0.25) is 13.9 Å². The number of methoxy groups -OCH3 is 2. The molecule has 9 nitrogen and oxygen atoms in total. The molecule has 1 aliphatic heterocycles. The smallest absolute Gasteiger partial charge is 0.333 e. The third kappa shape index (κ3) is 6.09. The van der Waals surface area contributed by atoms with Crippen LogP contribution in [0.4, 0.5) is 0 Å². The lowest BCUT2D eigenvalue weighted by Crippen LogP contribution is -2.42. The number of aryl methyl sites for hydroxylation is 1. The van der Waals surface area contributed by atoms with Crippen molar-refractivity contribution in [2.45, 2.75) is 49.1 Å². The third-order valence-electron chi connectivity index (χ3n) is 7.92. The highest BCUT2D eigenvalue weighted by Gasteiger charge is 2.42. The summed E-state index contributed by atoms with van der Waals surface area (Å²) >= 11 is 3.77. The fraction of sp³-hybridized carbons (Fsp3) is 0.324. The molecule has 4 aromatic rings. The number of halogens is 1. The first-order chi connectivity index (χ1) is 21.3. The minimum absolute atomic E-state index is 0.0240. The van der Waals surface area contributed by atoms with Gasteiger partial charge in [-0.15, -0.1) is 0 Å². The molecule has 228 valence electrons. The lowest BCUT2D eigenvalue weighted by atomic mass is 9.80. The van der Waals surface area contributed by atoms with Crippen molar-refractivity contribution in [3.05, 3.63) is 128 Å². The molecule has 3 aromatic carbocycles. The van der Waals surface area contributed by atoms with E-state index in [0.29, 0.717) is 12.0 Å². The van der Waals surface area contributed by atoms with Crippen molar-refractivity contribution in [2.75, 3.05) is 20.8 Å². The summed E-state index contributed by atoms with van der Waals surface area (Å²) in [5, 5.41) is 9.02. The van der Waals surface area contributed by atoms with Gasteiger partial charge in [0.1, 0.15) is 23.3 Å². The van der Waals surface area contributed by atoms with E-state index in [4.69, 9.17) is 24.2 Å². The van der Waals surface area contributed by atoms with E-state index in [-0.39, 0.29) is 24.4 Å². The summed E-state index contributed by atoms with van der Waals surface area (Å²) in [6, 6.07) is 27.6. The minimum atomic E-state index is -1.02. The molecule has 44 heavy (non-hydrogen) atoms. The fourth-order valence-electron chi connectivity index (χ4n) is 5.61. The number of benzene rings is 3. The zero-order chi connectivity index (χ0) is 31.3. The van der Waals surface area contributed by atoms with Gasteiger partial charge in [0.2, 0.25) is 0 Å². The number of aromatic nitrogens is 2. The molecule has 0 radical (unpaired) electrons. The summed E-state index contributed by atoms with van der Waals surface area (Å²) in [5.74, 6) is 1.45. The Morgan fingerprint density at radius 2 is 1.50 bits per heavy atom. The maximum Gasteiger partial charge on any atom is 0.333 e. The van der Waals surface area contributed by atoms with Crippen LogP contribution < -0.4 is 20.7 Å². The van der Waals surface area contributed by atoms with E-state index in [9.17, 15) is 9.59 Å². The van der Waals surface area contributed by atoms with Crippen molar-refractivity contribution in [1.29, 1.82) is 5.26 Å². The van der Waals surface area contributed by atoms with Gasteiger partial charge in [0.05, 0.1) is 39.4 Å². The summed E-state index contributed by atoms with van der Waals surface area (Å²) in [6.45, 7) is 1.86. The first-order valence-corrected chi connectivity index (χ1v) is 15.2. The van der Waals surface area contributed by atoms with Crippen LogP contribution in [0.25, 0.3) is 0 Å². The van der Waals surface area contributed by atoms with Crippen LogP contribution in [0.2, 0.25) is 0 Å². The molecule has 0 aliphatic carbocycles. The standard InChI is InChI=1S/C34H34BrN3O6/c1-23-21-38(33(40)37(32(23)39)19-7-18-36)31-20-29(35)30(44-31)22-43-34(24-8-5-4-6-9-24,25-10-14-27(41-2)15-11-25)26-12-16-28(42-3)17-13-26/h4-6,8-17,21,29-31H,7,19-20,22H2,1-3H3/t29-,30+,31+/m0/s1. The molecule has 1 aromatic heterocycles. The van der Waals surface area contributed by atoms with Crippen LogP contribution >= 0.6 is 15.9 Å². The largest absolute Gasteiger partial charge is 0.497 e. The van der Waals surface area contributed by atoms with Crippen molar-refractivity contribution in [2.24, 2.45) is 0 Å². The van der Waals surface area contributed by atoms with Crippen LogP contribution in [0.1, 0.15) is 41.3 Å². The average molecular weight is 661 g/mol. The molecule has 1 aliphatic rings. The van der Waals surface area contributed by atoms with Crippen LogP contribution in [0.5, 0.6) is 11.5 Å². The topological polar surface area (TPSA) is 105 Å². The number of nitriles is 1. The van der Waals surface area contributed by atoms with Crippen molar-refractivity contribution in [1.82, 2.24) is 9.13 Å². The molecule has 0 unspecified atom stereocenters. The molecule has 0 N–H and O–H groups in total. The maximum atomic E-state index is 13.3. The summed E-state index contributed by atoms with van der Waals surface area (Å²) in [4.78, 5) is 25.8. The van der Waals surface area contributed by atoms with Crippen LogP contribution in [-0.2, 0) is 21.6 Å². The number of nitrogens with zero attached hydrogens (tertiary/aromatic N) is 3. The number of alkyl halides is 1. The first-order valence-electron chi connectivity index (χ1n) is 14.3. The zero-order valence-electron chi connectivity index (χ0n) is 24.8. The maximum absolute atomic E-state index is 13.3. The van der Waals surface area contributed by atoms with E-state index in [0.717, 1.165) is 32.8 Å². The SMILES string of the molecule is COc1ccc(C(OC[C@H]2O[C@@H](n3cc(C)c(=O)n(CCC#N)c3=O)C[C@@H]2Br)(c2ccccc2)c2ccc(OC)cc2)cc1. The molecule has 1 fully saturated rings. The van der Waals surface area contributed by atoms with E-state index in [1.165, 1.54) is 10.8 Å². The summed E-state index contributed by atoms with van der Waals surface area (Å²) in [7, 11) is 3.26. The Balaban J connectivity index is 1.52. The van der Waals surface area contributed by atoms with Gasteiger partial charge in [0, 0.05) is 29.6 Å². The average Bonchev–Trinajstić information content (AvgIpc) is 3.43. The van der Waals surface area contributed by atoms with E-state index < -0.39 is 29.2 Å². The van der Waals surface area contributed by atoms with Gasteiger partial charge in [-0.1, -0.05) is 70.5 Å². The Morgan fingerprint density at radius 1 is 0.932 bits per heavy atom. The lowest BCUT2D eigenvalue weighted by molar-refractivity contribution is -0.0765. The highest BCUT2D eigenvalue weighted by Crippen LogP contribution is 2.43. The molecule has 5 rings (SSSR count). The van der Waals surface area contributed by atoms with E-state index in [1.807, 2.05) is 84.9 Å². The Morgan fingerprint density at radius 3 is 2.05 bits per heavy atom. The summed E-state index contributed by atoms with van der Waals surface area (Å²) < 4.78 is 26.9. The van der Waals surface area contributed by atoms with Crippen molar-refractivity contribution in [3.63, 3.8) is 0 Å². The van der Waals surface area contributed by atoms with E-state index in [2.05, 4.69) is 15.9 Å². The van der Waals surface area contributed by atoms with Gasteiger partial charge < -0.3 is 18.9 Å². The second-order valence-electron chi connectivity index (χ2n) is 10.6. The Kier molecular flexibility index (Phi) is 9.69. The molecular weight excluding hydrogens is 626 g/mol. The summed E-state index contributed by atoms with van der Waals surface area (Å²) in [5.41, 5.74) is 1.19. The highest BCUT2D eigenvalue weighted by molar-refractivity contribution is 9.09. The second-order valence-corrected chi connectivity index (χ2v) is 11.7. The predicted octanol–water partition coefficient (Wildman–Crippen LogP) is 5.31. The molecule has 2 heterocycles. The second kappa shape index (κ2) is 13.6. The van der Waals surface area contributed by atoms with Crippen LogP contribution in [0.15, 0.2) is 94.6 Å². The zero-order valence-corrected chi connectivity index (χ0v) is 26.4. The van der Waals surface area contributed by atoms with Crippen molar-refractivity contribution < 1.29 is 18.9 Å². The summed E-state index contributed by atoms with van der Waals surface area (Å²) in [6.07, 6.45) is 1.02. The molecular formula is C34H34BrN3O6. The lowest BCUT2D eigenvalue weighted by Gasteiger charge is -2.37. The van der Waals surface area contributed by atoms with Crippen molar-refractivity contribution in [3.8, 4) is 17.6 Å². The Hall–Kier alpha value is -4.17. The predicted molar refractivity (Wildman–Crippen MR) is 169 cm³/mol. The van der Waals surface area contributed by atoms with E-state index >= 15 is 0 Å².